The Morgan fingerprint density at radius 2 is 1.88 bits per heavy atom. The highest BCUT2D eigenvalue weighted by atomic mass is 35.5. The van der Waals surface area contributed by atoms with E-state index in [1.54, 1.807) is 7.11 Å². The number of ether oxygens (including phenoxy) is 1. The summed E-state index contributed by atoms with van der Waals surface area (Å²) in [7, 11) is 1.62. The minimum atomic E-state index is -0.458. The van der Waals surface area contributed by atoms with E-state index in [9.17, 15) is 0 Å². The maximum atomic E-state index is 6.20. The highest BCUT2D eigenvalue weighted by Gasteiger charge is 2.22. The standard InChI is InChI=1S/C13H20ClNO/c1-8(2)9-6-10(13(3,4)15)12(16-5)11(14)7-9/h6-8H,15H2,1-5H3. The van der Waals surface area contributed by atoms with Gasteiger partial charge in [-0.05, 0) is 37.5 Å². The van der Waals surface area contributed by atoms with Gasteiger partial charge < -0.3 is 10.5 Å². The van der Waals surface area contributed by atoms with Crippen molar-refractivity contribution in [2.45, 2.75) is 39.2 Å². The van der Waals surface area contributed by atoms with E-state index in [1.807, 2.05) is 19.9 Å². The van der Waals surface area contributed by atoms with Gasteiger partial charge >= 0.3 is 0 Å². The van der Waals surface area contributed by atoms with Gasteiger partial charge in [-0.15, -0.1) is 0 Å². The van der Waals surface area contributed by atoms with Crippen LogP contribution in [-0.4, -0.2) is 7.11 Å². The van der Waals surface area contributed by atoms with Gasteiger partial charge in [-0.25, -0.2) is 0 Å². The van der Waals surface area contributed by atoms with Gasteiger partial charge in [0.25, 0.3) is 0 Å². The first-order chi connectivity index (χ1) is 7.27. The lowest BCUT2D eigenvalue weighted by atomic mass is 9.90. The lowest BCUT2D eigenvalue weighted by Gasteiger charge is -2.24. The Morgan fingerprint density at radius 3 is 2.25 bits per heavy atom. The summed E-state index contributed by atoms with van der Waals surface area (Å²) in [6.07, 6.45) is 0. The number of hydrogen-bond donors (Lipinski definition) is 1. The molecular formula is C13H20ClNO. The largest absolute Gasteiger partial charge is 0.495 e. The minimum absolute atomic E-state index is 0.421. The van der Waals surface area contributed by atoms with E-state index in [1.165, 1.54) is 5.56 Å². The van der Waals surface area contributed by atoms with Gasteiger partial charge in [0.05, 0.1) is 12.1 Å². The zero-order valence-corrected chi connectivity index (χ0v) is 11.4. The zero-order chi connectivity index (χ0) is 12.5. The molecule has 0 unspecified atom stereocenters. The number of rotatable bonds is 3. The maximum Gasteiger partial charge on any atom is 0.142 e. The number of benzene rings is 1. The van der Waals surface area contributed by atoms with E-state index in [0.29, 0.717) is 16.7 Å². The molecular weight excluding hydrogens is 222 g/mol. The van der Waals surface area contributed by atoms with Crippen molar-refractivity contribution in [3.63, 3.8) is 0 Å². The van der Waals surface area contributed by atoms with Gasteiger partial charge in [0.15, 0.2) is 0 Å². The van der Waals surface area contributed by atoms with Crippen LogP contribution in [0.2, 0.25) is 5.02 Å². The zero-order valence-electron chi connectivity index (χ0n) is 10.6. The molecule has 16 heavy (non-hydrogen) atoms. The van der Waals surface area contributed by atoms with Crippen molar-refractivity contribution in [1.82, 2.24) is 0 Å². The number of nitrogens with two attached hydrogens (primary N) is 1. The third kappa shape index (κ3) is 2.69. The van der Waals surface area contributed by atoms with Crippen molar-refractivity contribution >= 4 is 11.6 Å². The number of halogens is 1. The number of hydrogen-bond acceptors (Lipinski definition) is 2. The Kier molecular flexibility index (Phi) is 3.87. The molecule has 90 valence electrons. The van der Waals surface area contributed by atoms with Crippen LogP contribution in [0.5, 0.6) is 5.75 Å². The summed E-state index contributed by atoms with van der Waals surface area (Å²) in [6, 6.07) is 4.02. The average molecular weight is 242 g/mol. The molecule has 0 heterocycles. The van der Waals surface area contributed by atoms with Crippen LogP contribution in [0.15, 0.2) is 12.1 Å². The Labute approximate surface area is 103 Å². The third-order valence-corrected chi connectivity index (χ3v) is 2.91. The van der Waals surface area contributed by atoms with Gasteiger partial charge in [-0.1, -0.05) is 25.4 Å². The van der Waals surface area contributed by atoms with Gasteiger partial charge in [-0.3, -0.25) is 0 Å². The summed E-state index contributed by atoms with van der Waals surface area (Å²) in [4.78, 5) is 0. The Bertz CT molecular complexity index is 380. The topological polar surface area (TPSA) is 35.2 Å². The molecule has 1 rings (SSSR count). The van der Waals surface area contributed by atoms with Crippen LogP contribution in [0, 0.1) is 0 Å². The fraction of sp³-hybridized carbons (Fsp3) is 0.538. The van der Waals surface area contributed by atoms with Crippen molar-refractivity contribution < 1.29 is 4.74 Å². The second-order valence-corrected chi connectivity index (χ2v) is 5.37. The quantitative estimate of drug-likeness (QED) is 0.877. The molecule has 3 heteroatoms. The highest BCUT2D eigenvalue weighted by molar-refractivity contribution is 6.32. The number of methoxy groups -OCH3 is 1. The first-order valence-electron chi connectivity index (χ1n) is 5.44. The maximum absolute atomic E-state index is 6.20. The fourth-order valence-electron chi connectivity index (χ4n) is 1.63. The van der Waals surface area contributed by atoms with E-state index in [0.717, 1.165) is 5.56 Å². The normalized spacial score (nSPS) is 12.0. The fourth-order valence-corrected chi connectivity index (χ4v) is 1.94. The molecule has 0 saturated heterocycles. The predicted molar refractivity (Wildman–Crippen MR) is 69.3 cm³/mol. The van der Waals surface area contributed by atoms with E-state index in [4.69, 9.17) is 22.1 Å². The molecule has 0 aliphatic carbocycles. The molecule has 0 atom stereocenters. The summed E-state index contributed by atoms with van der Waals surface area (Å²) in [5, 5.41) is 0.627. The molecule has 0 aromatic heterocycles. The lowest BCUT2D eigenvalue weighted by molar-refractivity contribution is 0.394. The lowest BCUT2D eigenvalue weighted by Crippen LogP contribution is -2.29. The monoisotopic (exact) mass is 241 g/mol. The van der Waals surface area contributed by atoms with E-state index >= 15 is 0 Å². The van der Waals surface area contributed by atoms with Crippen molar-refractivity contribution in [1.29, 1.82) is 0 Å². The second kappa shape index (κ2) is 4.64. The van der Waals surface area contributed by atoms with Crippen LogP contribution in [0.1, 0.15) is 44.7 Å². The molecule has 0 spiro atoms. The summed E-state index contributed by atoms with van der Waals surface area (Å²) in [5.74, 6) is 1.10. The Hall–Kier alpha value is -0.730. The first-order valence-corrected chi connectivity index (χ1v) is 5.82. The molecule has 0 aliphatic rings. The van der Waals surface area contributed by atoms with Crippen molar-refractivity contribution in [2.24, 2.45) is 5.73 Å². The summed E-state index contributed by atoms with van der Waals surface area (Å²) in [5.41, 5.74) is 7.80. The van der Waals surface area contributed by atoms with Crippen LogP contribution in [0.3, 0.4) is 0 Å². The van der Waals surface area contributed by atoms with E-state index < -0.39 is 5.54 Å². The SMILES string of the molecule is COc1c(Cl)cc(C(C)C)cc1C(C)(C)N. The molecule has 2 N–H and O–H groups in total. The van der Waals surface area contributed by atoms with Crippen molar-refractivity contribution in [3.05, 3.63) is 28.3 Å². The molecule has 0 saturated carbocycles. The molecule has 2 nitrogen and oxygen atoms in total. The molecule has 0 aliphatic heterocycles. The average Bonchev–Trinajstić information content (AvgIpc) is 2.14. The predicted octanol–water partition coefficient (Wildman–Crippen LogP) is 3.67. The summed E-state index contributed by atoms with van der Waals surface area (Å²) < 4.78 is 5.33. The minimum Gasteiger partial charge on any atom is -0.495 e. The molecule has 0 amide bonds. The molecule has 0 bridgehead atoms. The molecule has 1 aromatic rings. The van der Waals surface area contributed by atoms with Crippen LogP contribution in [0.25, 0.3) is 0 Å². The van der Waals surface area contributed by atoms with Crippen LogP contribution in [0.4, 0.5) is 0 Å². The molecule has 0 fully saturated rings. The van der Waals surface area contributed by atoms with E-state index in [-0.39, 0.29) is 0 Å². The highest BCUT2D eigenvalue weighted by Crippen LogP contribution is 2.37. The van der Waals surface area contributed by atoms with Crippen LogP contribution >= 0.6 is 11.6 Å². The third-order valence-electron chi connectivity index (χ3n) is 2.63. The smallest absolute Gasteiger partial charge is 0.142 e. The molecule has 1 aromatic carbocycles. The van der Waals surface area contributed by atoms with Crippen LogP contribution in [-0.2, 0) is 5.54 Å². The van der Waals surface area contributed by atoms with Gasteiger partial charge in [0.2, 0.25) is 0 Å². The molecule has 0 radical (unpaired) electrons. The summed E-state index contributed by atoms with van der Waals surface area (Å²) in [6.45, 7) is 8.16. The van der Waals surface area contributed by atoms with Crippen LogP contribution < -0.4 is 10.5 Å². The van der Waals surface area contributed by atoms with E-state index in [2.05, 4.69) is 19.9 Å². The van der Waals surface area contributed by atoms with Crippen molar-refractivity contribution in [3.8, 4) is 5.75 Å². The second-order valence-electron chi connectivity index (χ2n) is 4.96. The van der Waals surface area contributed by atoms with Crippen molar-refractivity contribution in [2.75, 3.05) is 7.11 Å². The van der Waals surface area contributed by atoms with Gasteiger partial charge in [0, 0.05) is 11.1 Å². The summed E-state index contributed by atoms with van der Waals surface area (Å²) >= 11 is 6.20. The first kappa shape index (κ1) is 13.3. The Morgan fingerprint density at radius 1 is 1.31 bits per heavy atom. The Balaban J connectivity index is 3.43. The van der Waals surface area contributed by atoms with Gasteiger partial charge in [-0.2, -0.15) is 0 Å². The van der Waals surface area contributed by atoms with Gasteiger partial charge in [0.1, 0.15) is 5.75 Å².